The van der Waals surface area contributed by atoms with Crippen LogP contribution in [0.1, 0.15) is 52.9 Å². The first-order valence-electron chi connectivity index (χ1n) is 7.00. The van der Waals surface area contributed by atoms with Gasteiger partial charge in [0.1, 0.15) is 0 Å². The molecule has 0 spiro atoms. The van der Waals surface area contributed by atoms with Gasteiger partial charge in [0.15, 0.2) is 0 Å². The van der Waals surface area contributed by atoms with Gasteiger partial charge in [-0.3, -0.25) is 4.79 Å². The lowest BCUT2D eigenvalue weighted by Gasteiger charge is -2.32. The molecule has 1 aliphatic rings. The molecule has 1 amide bonds. The quantitative estimate of drug-likeness (QED) is 0.712. The van der Waals surface area contributed by atoms with Gasteiger partial charge in [-0.25, -0.2) is 0 Å². The van der Waals surface area contributed by atoms with E-state index in [1.807, 2.05) is 20.8 Å². The van der Waals surface area contributed by atoms with E-state index in [0.29, 0.717) is 6.42 Å². The Labute approximate surface area is 110 Å². The fourth-order valence-electron chi connectivity index (χ4n) is 2.39. The molecule has 0 aromatic carbocycles. The van der Waals surface area contributed by atoms with E-state index in [1.54, 1.807) is 0 Å². The van der Waals surface area contributed by atoms with Crippen molar-refractivity contribution < 1.29 is 9.90 Å². The van der Waals surface area contributed by atoms with Crippen LogP contribution in [-0.2, 0) is 4.79 Å². The Kier molecular flexibility index (Phi) is 5.60. The van der Waals surface area contributed by atoms with Gasteiger partial charge in [-0.1, -0.05) is 33.6 Å². The Morgan fingerprint density at radius 2 is 2.00 bits per heavy atom. The molecule has 1 saturated carbocycles. The Morgan fingerprint density at radius 3 is 2.56 bits per heavy atom. The number of hydrogen-bond donors (Lipinski definition) is 3. The first-order valence-corrected chi connectivity index (χ1v) is 7.00. The highest BCUT2D eigenvalue weighted by atomic mass is 16.3. The summed E-state index contributed by atoms with van der Waals surface area (Å²) in [5, 5.41) is 12.4. The van der Waals surface area contributed by atoms with E-state index in [4.69, 9.17) is 5.73 Å². The number of aliphatic hydroxyl groups is 1. The van der Waals surface area contributed by atoms with Crippen LogP contribution >= 0.6 is 0 Å². The molecule has 0 heterocycles. The van der Waals surface area contributed by atoms with Crippen molar-refractivity contribution in [2.24, 2.45) is 17.1 Å². The summed E-state index contributed by atoms with van der Waals surface area (Å²) in [5.41, 5.74) is 5.96. The summed E-state index contributed by atoms with van der Waals surface area (Å²) in [6.07, 6.45) is 4.62. The molecule has 1 aliphatic carbocycles. The summed E-state index contributed by atoms with van der Waals surface area (Å²) in [5.74, 6) is 0.233. The summed E-state index contributed by atoms with van der Waals surface area (Å²) in [6, 6.07) is -0.00270. The van der Waals surface area contributed by atoms with Crippen molar-refractivity contribution in [3.05, 3.63) is 0 Å². The van der Waals surface area contributed by atoms with E-state index in [0.717, 1.165) is 25.7 Å². The fraction of sp³-hybridized carbons (Fsp3) is 0.929. The average molecular weight is 256 g/mol. The van der Waals surface area contributed by atoms with Crippen LogP contribution in [0.5, 0.6) is 0 Å². The number of nitrogens with one attached hydrogen (secondary N) is 1. The standard InChI is InChI=1S/C14H28N2O2/c1-14(2,3)12(15)8-13(18)16-11-7-5-4-6-10(11)9-17/h10-12,17H,4-9,15H2,1-3H3,(H,16,18). The van der Waals surface area contributed by atoms with Gasteiger partial charge in [-0.05, 0) is 18.3 Å². The predicted octanol–water partition coefficient (Wildman–Crippen LogP) is 1.42. The largest absolute Gasteiger partial charge is 0.396 e. The zero-order valence-electron chi connectivity index (χ0n) is 11.9. The van der Waals surface area contributed by atoms with Crippen LogP contribution in [0.25, 0.3) is 0 Å². The first kappa shape index (κ1) is 15.4. The van der Waals surface area contributed by atoms with Gasteiger partial charge in [-0.2, -0.15) is 0 Å². The number of carbonyl (C=O) groups excluding carboxylic acids is 1. The van der Waals surface area contributed by atoms with Gasteiger partial charge in [0.25, 0.3) is 0 Å². The second-order valence-electron chi connectivity index (χ2n) is 6.58. The minimum atomic E-state index is -0.131. The molecule has 0 aliphatic heterocycles. The van der Waals surface area contributed by atoms with Crippen molar-refractivity contribution >= 4 is 5.91 Å². The molecule has 1 rings (SSSR count). The van der Waals surface area contributed by atoms with Crippen LogP contribution in [-0.4, -0.2) is 29.7 Å². The molecule has 0 saturated heterocycles. The van der Waals surface area contributed by atoms with Crippen LogP contribution in [0.2, 0.25) is 0 Å². The molecule has 18 heavy (non-hydrogen) atoms. The van der Waals surface area contributed by atoms with E-state index in [9.17, 15) is 9.90 Å². The monoisotopic (exact) mass is 256 g/mol. The summed E-state index contributed by atoms with van der Waals surface area (Å²) >= 11 is 0. The molecule has 3 unspecified atom stereocenters. The fourth-order valence-corrected chi connectivity index (χ4v) is 2.39. The highest BCUT2D eigenvalue weighted by Gasteiger charge is 2.28. The first-order chi connectivity index (χ1) is 8.34. The van der Waals surface area contributed by atoms with Gasteiger partial charge in [-0.15, -0.1) is 0 Å². The number of carbonyl (C=O) groups is 1. The average Bonchev–Trinajstić information content (AvgIpc) is 2.28. The van der Waals surface area contributed by atoms with E-state index >= 15 is 0 Å². The van der Waals surface area contributed by atoms with Crippen LogP contribution in [0.15, 0.2) is 0 Å². The molecule has 0 radical (unpaired) electrons. The minimum Gasteiger partial charge on any atom is -0.396 e. The van der Waals surface area contributed by atoms with Crippen molar-refractivity contribution in [3.8, 4) is 0 Å². The number of amides is 1. The number of nitrogens with two attached hydrogens (primary N) is 1. The Balaban J connectivity index is 2.43. The van der Waals surface area contributed by atoms with Crippen molar-refractivity contribution in [2.45, 2.75) is 65.0 Å². The van der Waals surface area contributed by atoms with Crippen LogP contribution in [0.4, 0.5) is 0 Å². The zero-order chi connectivity index (χ0) is 13.8. The van der Waals surface area contributed by atoms with Crippen molar-refractivity contribution in [3.63, 3.8) is 0 Å². The summed E-state index contributed by atoms with van der Waals surface area (Å²) < 4.78 is 0. The maximum Gasteiger partial charge on any atom is 0.221 e. The molecule has 106 valence electrons. The van der Waals surface area contributed by atoms with E-state index in [2.05, 4.69) is 5.32 Å². The maximum atomic E-state index is 12.0. The Bertz CT molecular complexity index is 273. The number of aliphatic hydroxyl groups excluding tert-OH is 1. The molecule has 4 N–H and O–H groups in total. The highest BCUT2D eigenvalue weighted by molar-refractivity contribution is 5.77. The molecule has 3 atom stereocenters. The van der Waals surface area contributed by atoms with Crippen molar-refractivity contribution in [1.82, 2.24) is 5.32 Å². The maximum absolute atomic E-state index is 12.0. The topological polar surface area (TPSA) is 75.4 Å². The van der Waals surface area contributed by atoms with Gasteiger partial charge in [0.2, 0.25) is 5.91 Å². The van der Waals surface area contributed by atoms with Crippen molar-refractivity contribution in [2.75, 3.05) is 6.61 Å². The van der Waals surface area contributed by atoms with Crippen LogP contribution in [0.3, 0.4) is 0 Å². The van der Waals surface area contributed by atoms with E-state index in [1.165, 1.54) is 0 Å². The summed E-state index contributed by atoms with van der Waals surface area (Å²) in [4.78, 5) is 12.0. The molecular formula is C14H28N2O2. The SMILES string of the molecule is CC(C)(C)C(N)CC(=O)NC1CCCCC1CO. The van der Waals surface area contributed by atoms with Gasteiger partial charge < -0.3 is 16.2 Å². The summed E-state index contributed by atoms with van der Waals surface area (Å²) in [6.45, 7) is 6.29. The van der Waals surface area contributed by atoms with Gasteiger partial charge in [0.05, 0.1) is 0 Å². The number of rotatable bonds is 4. The van der Waals surface area contributed by atoms with Gasteiger partial charge in [0, 0.05) is 31.0 Å². The second-order valence-corrected chi connectivity index (χ2v) is 6.58. The highest BCUT2D eigenvalue weighted by Crippen LogP contribution is 2.24. The lowest BCUT2D eigenvalue weighted by atomic mass is 9.83. The lowest BCUT2D eigenvalue weighted by molar-refractivity contribution is -0.123. The second kappa shape index (κ2) is 6.53. The number of hydrogen-bond acceptors (Lipinski definition) is 3. The molecule has 4 nitrogen and oxygen atoms in total. The smallest absolute Gasteiger partial charge is 0.221 e. The van der Waals surface area contributed by atoms with Gasteiger partial charge >= 0.3 is 0 Å². The third kappa shape index (κ3) is 4.58. The van der Waals surface area contributed by atoms with E-state index in [-0.39, 0.29) is 35.9 Å². The molecule has 4 heteroatoms. The Morgan fingerprint density at radius 1 is 1.39 bits per heavy atom. The third-order valence-electron chi connectivity index (χ3n) is 4.01. The lowest BCUT2D eigenvalue weighted by Crippen LogP contribution is -2.46. The predicted molar refractivity (Wildman–Crippen MR) is 73.0 cm³/mol. The van der Waals surface area contributed by atoms with E-state index < -0.39 is 0 Å². The van der Waals surface area contributed by atoms with Crippen LogP contribution in [0, 0.1) is 11.3 Å². The normalized spacial score (nSPS) is 26.7. The zero-order valence-corrected chi connectivity index (χ0v) is 11.9. The molecular weight excluding hydrogens is 228 g/mol. The molecule has 0 aromatic rings. The Hall–Kier alpha value is -0.610. The molecule has 0 bridgehead atoms. The van der Waals surface area contributed by atoms with Crippen molar-refractivity contribution in [1.29, 1.82) is 0 Å². The summed E-state index contributed by atoms with van der Waals surface area (Å²) in [7, 11) is 0. The third-order valence-corrected chi connectivity index (χ3v) is 4.01. The molecule has 1 fully saturated rings. The molecule has 0 aromatic heterocycles. The minimum absolute atomic E-state index is 0.0165. The van der Waals surface area contributed by atoms with Crippen LogP contribution < -0.4 is 11.1 Å².